The van der Waals surface area contributed by atoms with Crippen LogP contribution in [0.3, 0.4) is 0 Å². The Hall–Kier alpha value is -0.890. The summed E-state index contributed by atoms with van der Waals surface area (Å²) in [5, 5.41) is 4.85. The number of rotatable bonds is 3. The lowest BCUT2D eigenvalue weighted by atomic mass is 10.1. The van der Waals surface area contributed by atoms with Crippen molar-refractivity contribution in [3.05, 3.63) is 62.1 Å². The van der Waals surface area contributed by atoms with Gasteiger partial charge < -0.3 is 5.32 Å². The fourth-order valence-corrected chi connectivity index (χ4v) is 2.78. The Labute approximate surface area is 134 Å². The molecule has 2 rings (SSSR count). The van der Waals surface area contributed by atoms with Gasteiger partial charge in [0.15, 0.2) is 0 Å². The first-order chi connectivity index (χ1) is 9.40. The Morgan fingerprint density at radius 3 is 2.35 bits per heavy atom. The molecule has 0 aliphatic rings. The molecular formula is C16H16Cl3N. The van der Waals surface area contributed by atoms with Gasteiger partial charge in [-0.15, -0.1) is 0 Å². The molecule has 1 unspecified atom stereocenters. The van der Waals surface area contributed by atoms with Crippen LogP contribution in [0.4, 0.5) is 5.69 Å². The quantitative estimate of drug-likeness (QED) is 0.639. The van der Waals surface area contributed by atoms with E-state index in [0.717, 1.165) is 11.3 Å². The molecule has 1 nitrogen and oxygen atoms in total. The maximum atomic E-state index is 6.27. The lowest BCUT2D eigenvalue weighted by Crippen LogP contribution is -2.08. The molecule has 0 fully saturated rings. The van der Waals surface area contributed by atoms with E-state index in [4.69, 9.17) is 34.8 Å². The lowest BCUT2D eigenvalue weighted by Gasteiger charge is -2.20. The summed E-state index contributed by atoms with van der Waals surface area (Å²) >= 11 is 18.3. The van der Waals surface area contributed by atoms with Gasteiger partial charge in [-0.2, -0.15) is 0 Å². The zero-order valence-corrected chi connectivity index (χ0v) is 13.9. The van der Waals surface area contributed by atoms with E-state index >= 15 is 0 Å². The van der Waals surface area contributed by atoms with Crippen molar-refractivity contribution in [2.24, 2.45) is 0 Å². The molecule has 0 spiro atoms. The van der Waals surface area contributed by atoms with Crippen LogP contribution in [-0.4, -0.2) is 0 Å². The molecule has 106 valence electrons. The molecule has 1 N–H and O–H groups in total. The van der Waals surface area contributed by atoms with Crippen molar-refractivity contribution >= 4 is 40.5 Å². The van der Waals surface area contributed by atoms with Crippen molar-refractivity contribution in [3.63, 3.8) is 0 Å². The highest BCUT2D eigenvalue weighted by Crippen LogP contribution is 2.36. The molecule has 4 heteroatoms. The molecule has 2 aromatic rings. The van der Waals surface area contributed by atoms with Crippen molar-refractivity contribution in [1.29, 1.82) is 0 Å². The topological polar surface area (TPSA) is 12.0 Å². The summed E-state index contributed by atoms with van der Waals surface area (Å²) < 4.78 is 0. The van der Waals surface area contributed by atoms with E-state index in [1.807, 2.05) is 13.0 Å². The molecule has 20 heavy (non-hydrogen) atoms. The third-order valence-corrected chi connectivity index (χ3v) is 4.60. The number of hydrogen-bond acceptors (Lipinski definition) is 1. The fourth-order valence-electron chi connectivity index (χ4n) is 2.08. The van der Waals surface area contributed by atoms with E-state index in [9.17, 15) is 0 Å². The third kappa shape index (κ3) is 3.22. The van der Waals surface area contributed by atoms with E-state index in [1.165, 1.54) is 11.1 Å². The van der Waals surface area contributed by atoms with Gasteiger partial charge in [0.25, 0.3) is 0 Å². The Kier molecular flexibility index (Phi) is 4.85. The van der Waals surface area contributed by atoms with Crippen LogP contribution in [0.1, 0.15) is 29.7 Å². The minimum atomic E-state index is 0.0396. The Bertz CT molecular complexity index is 638. The Balaban J connectivity index is 2.31. The molecular weight excluding hydrogens is 313 g/mol. The normalized spacial score (nSPS) is 12.3. The first-order valence-electron chi connectivity index (χ1n) is 6.37. The minimum absolute atomic E-state index is 0.0396. The Morgan fingerprint density at radius 1 is 0.950 bits per heavy atom. The average Bonchev–Trinajstić information content (AvgIpc) is 2.40. The van der Waals surface area contributed by atoms with Crippen LogP contribution >= 0.6 is 34.8 Å². The molecule has 0 heterocycles. The van der Waals surface area contributed by atoms with Crippen LogP contribution in [0.25, 0.3) is 0 Å². The SMILES string of the molecule is Cc1ccc(C)c(NC(C)c2ccc(Cl)c(Cl)c2Cl)c1. The molecule has 0 aliphatic carbocycles. The van der Waals surface area contributed by atoms with Crippen molar-refractivity contribution in [2.45, 2.75) is 26.8 Å². The maximum Gasteiger partial charge on any atom is 0.0782 e. The molecule has 0 radical (unpaired) electrons. The molecule has 2 aromatic carbocycles. The van der Waals surface area contributed by atoms with E-state index in [0.29, 0.717) is 15.1 Å². The first-order valence-corrected chi connectivity index (χ1v) is 7.50. The molecule has 0 saturated carbocycles. The summed E-state index contributed by atoms with van der Waals surface area (Å²) in [6.07, 6.45) is 0. The maximum absolute atomic E-state index is 6.27. The highest BCUT2D eigenvalue weighted by Gasteiger charge is 2.15. The molecule has 1 atom stereocenters. The van der Waals surface area contributed by atoms with Gasteiger partial charge in [0.05, 0.1) is 21.1 Å². The van der Waals surface area contributed by atoms with E-state index in [-0.39, 0.29) is 6.04 Å². The van der Waals surface area contributed by atoms with Crippen LogP contribution in [-0.2, 0) is 0 Å². The number of benzene rings is 2. The monoisotopic (exact) mass is 327 g/mol. The van der Waals surface area contributed by atoms with Gasteiger partial charge in [0.1, 0.15) is 0 Å². The van der Waals surface area contributed by atoms with Gasteiger partial charge in [-0.1, -0.05) is 53.0 Å². The molecule has 0 bridgehead atoms. The van der Waals surface area contributed by atoms with Crippen LogP contribution in [0.15, 0.2) is 30.3 Å². The second-order valence-corrected chi connectivity index (χ2v) is 6.11. The van der Waals surface area contributed by atoms with Crippen molar-refractivity contribution in [1.82, 2.24) is 0 Å². The minimum Gasteiger partial charge on any atom is -0.378 e. The van der Waals surface area contributed by atoms with Gasteiger partial charge in [0, 0.05) is 5.69 Å². The highest BCUT2D eigenvalue weighted by molar-refractivity contribution is 6.48. The largest absolute Gasteiger partial charge is 0.378 e. The second-order valence-electron chi connectivity index (χ2n) is 4.95. The predicted octanol–water partition coefficient (Wildman–Crippen LogP) is 6.44. The first kappa shape index (κ1) is 15.5. The number of nitrogens with one attached hydrogen (secondary N) is 1. The number of halogens is 3. The van der Waals surface area contributed by atoms with Gasteiger partial charge in [0.2, 0.25) is 0 Å². The summed E-state index contributed by atoms with van der Waals surface area (Å²) in [5.74, 6) is 0. The smallest absolute Gasteiger partial charge is 0.0782 e. The van der Waals surface area contributed by atoms with Gasteiger partial charge >= 0.3 is 0 Å². The van der Waals surface area contributed by atoms with Gasteiger partial charge in [-0.25, -0.2) is 0 Å². The highest BCUT2D eigenvalue weighted by atomic mass is 35.5. The summed E-state index contributed by atoms with van der Waals surface area (Å²) in [4.78, 5) is 0. The van der Waals surface area contributed by atoms with E-state index in [2.05, 4.69) is 37.4 Å². The zero-order valence-electron chi connectivity index (χ0n) is 11.6. The van der Waals surface area contributed by atoms with Crippen LogP contribution in [0.2, 0.25) is 15.1 Å². The predicted molar refractivity (Wildman–Crippen MR) is 89.4 cm³/mol. The third-order valence-electron chi connectivity index (χ3n) is 3.30. The van der Waals surface area contributed by atoms with E-state index < -0.39 is 0 Å². The summed E-state index contributed by atoms with van der Waals surface area (Å²) in [7, 11) is 0. The zero-order chi connectivity index (χ0) is 14.9. The van der Waals surface area contributed by atoms with Crippen molar-refractivity contribution < 1.29 is 0 Å². The fraction of sp³-hybridized carbons (Fsp3) is 0.250. The van der Waals surface area contributed by atoms with Crippen LogP contribution in [0, 0.1) is 13.8 Å². The summed E-state index contributed by atoms with van der Waals surface area (Å²) in [6.45, 7) is 6.19. The number of anilines is 1. The van der Waals surface area contributed by atoms with Crippen molar-refractivity contribution in [3.8, 4) is 0 Å². The number of hydrogen-bond donors (Lipinski definition) is 1. The molecule has 0 aliphatic heterocycles. The number of aryl methyl sites for hydroxylation is 2. The van der Waals surface area contributed by atoms with Crippen molar-refractivity contribution in [2.75, 3.05) is 5.32 Å². The van der Waals surface area contributed by atoms with Gasteiger partial charge in [-0.05, 0) is 49.6 Å². The molecule has 0 saturated heterocycles. The lowest BCUT2D eigenvalue weighted by molar-refractivity contribution is 0.882. The van der Waals surface area contributed by atoms with Crippen LogP contribution in [0.5, 0.6) is 0 Å². The second kappa shape index (κ2) is 6.26. The van der Waals surface area contributed by atoms with Crippen LogP contribution < -0.4 is 5.32 Å². The average molecular weight is 329 g/mol. The Morgan fingerprint density at radius 2 is 1.65 bits per heavy atom. The van der Waals surface area contributed by atoms with E-state index in [1.54, 1.807) is 6.07 Å². The summed E-state index contributed by atoms with van der Waals surface area (Å²) in [5.41, 5.74) is 4.44. The molecule has 0 aromatic heterocycles. The summed E-state index contributed by atoms with van der Waals surface area (Å²) in [6, 6.07) is 10.0. The van der Waals surface area contributed by atoms with Gasteiger partial charge in [-0.3, -0.25) is 0 Å². The standard InChI is InChI=1S/C16H16Cl3N/c1-9-4-5-10(2)14(8-9)20-11(3)12-6-7-13(17)16(19)15(12)18/h4-8,11,20H,1-3H3. The molecule has 0 amide bonds.